The van der Waals surface area contributed by atoms with Crippen molar-refractivity contribution in [3.05, 3.63) is 35.9 Å². The molecule has 2 aromatic heterocycles. The highest BCUT2D eigenvalue weighted by Crippen LogP contribution is 2.34. The van der Waals surface area contributed by atoms with E-state index < -0.39 is 0 Å². The zero-order valence-corrected chi connectivity index (χ0v) is 13.2. The number of rotatable bonds is 2. The van der Waals surface area contributed by atoms with Crippen molar-refractivity contribution in [2.75, 3.05) is 11.9 Å². The van der Waals surface area contributed by atoms with Gasteiger partial charge in [0.15, 0.2) is 5.82 Å². The second kappa shape index (κ2) is 5.87. The Morgan fingerprint density at radius 2 is 2.32 bits per heavy atom. The number of hydrogen-bond acceptors (Lipinski definition) is 3. The van der Waals surface area contributed by atoms with Crippen molar-refractivity contribution < 1.29 is 9.21 Å². The molecule has 22 heavy (non-hydrogen) atoms. The van der Waals surface area contributed by atoms with Gasteiger partial charge < -0.3 is 9.32 Å². The summed E-state index contributed by atoms with van der Waals surface area (Å²) in [5.74, 6) is 2.01. The zero-order valence-electron chi connectivity index (χ0n) is 13.2. The molecule has 0 aliphatic carbocycles. The number of urea groups is 1. The molecule has 0 bridgehead atoms. The number of amides is 2. The molecule has 2 atom stereocenters. The Balaban J connectivity index is 1.77. The molecule has 0 aromatic carbocycles. The lowest BCUT2D eigenvalue weighted by Gasteiger charge is -2.37. The van der Waals surface area contributed by atoms with Crippen molar-refractivity contribution in [3.63, 3.8) is 0 Å². The van der Waals surface area contributed by atoms with Gasteiger partial charge in [-0.05, 0) is 37.8 Å². The fourth-order valence-corrected chi connectivity index (χ4v) is 2.94. The fraction of sp³-hybridized carbons (Fsp3) is 0.500. The maximum absolute atomic E-state index is 12.6. The zero-order chi connectivity index (χ0) is 15.7. The Kier molecular flexibility index (Phi) is 3.92. The number of aromatic nitrogens is 2. The van der Waals surface area contributed by atoms with Gasteiger partial charge in [0.1, 0.15) is 5.76 Å². The quantitative estimate of drug-likeness (QED) is 0.925. The summed E-state index contributed by atoms with van der Waals surface area (Å²) in [5, 5.41) is 7.18. The SMILES string of the molecule is Cc1cc(NC(=O)N2CC[C@@H](C)C[C@@H]2c2ccco2)nn1C. The maximum atomic E-state index is 12.6. The van der Waals surface area contributed by atoms with E-state index in [1.54, 1.807) is 10.9 Å². The molecule has 2 aromatic rings. The smallest absolute Gasteiger partial charge is 0.323 e. The predicted octanol–water partition coefficient (Wildman–Crippen LogP) is 3.33. The number of carbonyl (C=O) groups is 1. The average Bonchev–Trinajstić information content (AvgIpc) is 3.09. The van der Waals surface area contributed by atoms with Crippen molar-refractivity contribution in [2.45, 2.75) is 32.7 Å². The molecular weight excluding hydrogens is 280 g/mol. The Morgan fingerprint density at radius 3 is 2.95 bits per heavy atom. The minimum atomic E-state index is -0.119. The number of carbonyl (C=O) groups excluding carboxylic acids is 1. The third kappa shape index (κ3) is 2.86. The van der Waals surface area contributed by atoms with Crippen molar-refractivity contribution in [1.82, 2.24) is 14.7 Å². The van der Waals surface area contributed by atoms with Crippen LogP contribution in [0.25, 0.3) is 0 Å². The van der Waals surface area contributed by atoms with Gasteiger partial charge in [0.25, 0.3) is 0 Å². The molecule has 1 aliphatic heterocycles. The van der Waals surface area contributed by atoms with E-state index in [0.717, 1.165) is 30.8 Å². The average molecular weight is 302 g/mol. The first-order valence-electron chi connectivity index (χ1n) is 7.66. The number of nitrogens with zero attached hydrogens (tertiary/aromatic N) is 3. The first-order chi connectivity index (χ1) is 10.5. The number of piperidine rings is 1. The van der Waals surface area contributed by atoms with Gasteiger partial charge in [-0.25, -0.2) is 4.79 Å². The van der Waals surface area contributed by atoms with E-state index in [1.165, 1.54) is 0 Å². The minimum Gasteiger partial charge on any atom is -0.467 e. The first kappa shape index (κ1) is 14.7. The molecule has 2 amide bonds. The first-order valence-corrected chi connectivity index (χ1v) is 7.66. The van der Waals surface area contributed by atoms with E-state index >= 15 is 0 Å². The molecule has 1 saturated heterocycles. The van der Waals surface area contributed by atoms with Gasteiger partial charge in [-0.3, -0.25) is 10.00 Å². The van der Waals surface area contributed by atoms with E-state index in [4.69, 9.17) is 4.42 Å². The number of anilines is 1. The van der Waals surface area contributed by atoms with Crippen LogP contribution in [0, 0.1) is 12.8 Å². The molecule has 6 nitrogen and oxygen atoms in total. The summed E-state index contributed by atoms with van der Waals surface area (Å²) < 4.78 is 7.28. The van der Waals surface area contributed by atoms with Gasteiger partial charge >= 0.3 is 6.03 Å². The largest absolute Gasteiger partial charge is 0.467 e. The van der Waals surface area contributed by atoms with Crippen molar-refractivity contribution in [3.8, 4) is 0 Å². The molecule has 0 spiro atoms. The highest BCUT2D eigenvalue weighted by Gasteiger charge is 2.33. The predicted molar refractivity (Wildman–Crippen MR) is 83.5 cm³/mol. The summed E-state index contributed by atoms with van der Waals surface area (Å²) in [6.45, 7) is 4.90. The van der Waals surface area contributed by atoms with Crippen LogP contribution in [0.3, 0.4) is 0 Å². The van der Waals surface area contributed by atoms with Gasteiger partial charge in [-0.1, -0.05) is 6.92 Å². The minimum absolute atomic E-state index is 0.0106. The lowest BCUT2D eigenvalue weighted by atomic mass is 9.91. The molecular formula is C16H22N4O2. The summed E-state index contributed by atoms with van der Waals surface area (Å²) in [4.78, 5) is 14.5. The number of furan rings is 1. The molecule has 3 rings (SSSR count). The van der Waals surface area contributed by atoms with E-state index in [-0.39, 0.29) is 12.1 Å². The number of likely N-dealkylation sites (tertiary alicyclic amines) is 1. The Morgan fingerprint density at radius 1 is 1.50 bits per heavy atom. The van der Waals surface area contributed by atoms with Crippen LogP contribution in [0.5, 0.6) is 0 Å². The van der Waals surface area contributed by atoms with Crippen molar-refractivity contribution in [2.24, 2.45) is 13.0 Å². The number of hydrogen-bond donors (Lipinski definition) is 1. The summed E-state index contributed by atoms with van der Waals surface area (Å²) in [6, 6.07) is 5.54. The molecule has 0 unspecified atom stereocenters. The van der Waals surface area contributed by atoms with E-state index in [2.05, 4.69) is 17.3 Å². The lowest BCUT2D eigenvalue weighted by molar-refractivity contribution is 0.129. The molecule has 1 N–H and O–H groups in total. The van der Waals surface area contributed by atoms with E-state index in [1.807, 2.05) is 37.1 Å². The van der Waals surface area contributed by atoms with Crippen LogP contribution in [0.1, 0.15) is 37.3 Å². The molecule has 118 valence electrons. The van der Waals surface area contributed by atoms with Crippen LogP contribution in [0.4, 0.5) is 10.6 Å². The molecule has 0 saturated carbocycles. The molecule has 0 radical (unpaired) electrons. The van der Waals surface area contributed by atoms with Crippen LogP contribution in [-0.2, 0) is 7.05 Å². The Bertz CT molecular complexity index is 628. The Labute approximate surface area is 130 Å². The summed E-state index contributed by atoms with van der Waals surface area (Å²) in [5.41, 5.74) is 1.00. The van der Waals surface area contributed by atoms with Gasteiger partial charge in [0.05, 0.1) is 12.3 Å². The topological polar surface area (TPSA) is 63.3 Å². The second-order valence-electron chi connectivity index (χ2n) is 6.08. The van der Waals surface area contributed by atoms with Gasteiger partial charge in [0, 0.05) is 25.4 Å². The van der Waals surface area contributed by atoms with Crippen LogP contribution in [-0.4, -0.2) is 27.3 Å². The number of nitrogens with one attached hydrogen (secondary N) is 1. The highest BCUT2D eigenvalue weighted by atomic mass is 16.3. The maximum Gasteiger partial charge on any atom is 0.323 e. The van der Waals surface area contributed by atoms with Crippen molar-refractivity contribution in [1.29, 1.82) is 0 Å². The van der Waals surface area contributed by atoms with Crippen LogP contribution >= 0.6 is 0 Å². The highest BCUT2D eigenvalue weighted by molar-refractivity contribution is 5.88. The van der Waals surface area contributed by atoms with E-state index in [0.29, 0.717) is 11.7 Å². The molecule has 6 heteroatoms. The van der Waals surface area contributed by atoms with Crippen LogP contribution in [0.2, 0.25) is 0 Å². The molecule has 1 fully saturated rings. The normalized spacial score (nSPS) is 21.9. The van der Waals surface area contributed by atoms with Gasteiger partial charge in [0.2, 0.25) is 0 Å². The van der Waals surface area contributed by atoms with Crippen LogP contribution in [0.15, 0.2) is 28.9 Å². The van der Waals surface area contributed by atoms with Gasteiger partial charge in [-0.15, -0.1) is 0 Å². The van der Waals surface area contributed by atoms with Gasteiger partial charge in [-0.2, -0.15) is 5.10 Å². The second-order valence-corrected chi connectivity index (χ2v) is 6.08. The number of aryl methyl sites for hydroxylation is 2. The fourth-order valence-electron chi connectivity index (χ4n) is 2.94. The summed E-state index contributed by atoms with van der Waals surface area (Å²) in [7, 11) is 1.86. The molecule has 3 heterocycles. The van der Waals surface area contributed by atoms with Crippen molar-refractivity contribution >= 4 is 11.8 Å². The standard InChI is InChI=1S/C16H22N4O2/c1-11-6-7-20(13(9-11)14-5-4-8-22-14)16(21)17-15-10-12(2)19(3)18-15/h4-5,8,10-11,13H,6-7,9H2,1-3H3,(H,17,18,21)/t11-,13-/m1/s1. The summed E-state index contributed by atoms with van der Waals surface area (Å²) in [6.07, 6.45) is 3.58. The Hall–Kier alpha value is -2.24. The van der Waals surface area contributed by atoms with Crippen LogP contribution < -0.4 is 5.32 Å². The monoisotopic (exact) mass is 302 g/mol. The van der Waals surface area contributed by atoms with E-state index in [9.17, 15) is 4.79 Å². The third-order valence-electron chi connectivity index (χ3n) is 4.35. The third-order valence-corrected chi connectivity index (χ3v) is 4.35. The summed E-state index contributed by atoms with van der Waals surface area (Å²) >= 11 is 0. The molecule has 1 aliphatic rings. The lowest BCUT2D eigenvalue weighted by Crippen LogP contribution is -2.42.